The number of carbonyl (C=O) groups excluding carboxylic acids is 2. The molecule has 0 fully saturated rings. The minimum Gasteiger partial charge on any atom is -0.462 e. The Balaban J connectivity index is 4.12. The van der Waals surface area contributed by atoms with Gasteiger partial charge in [-0.1, -0.05) is 298 Å². The summed E-state index contributed by atoms with van der Waals surface area (Å²) in [5.74, 6) is -0.802. The van der Waals surface area contributed by atoms with Crippen molar-refractivity contribution in [3.8, 4) is 0 Å². The van der Waals surface area contributed by atoms with Gasteiger partial charge in [0.05, 0.1) is 27.7 Å². The number of phosphoric acid groups is 1. The zero-order chi connectivity index (χ0) is 58.4. The van der Waals surface area contributed by atoms with E-state index >= 15 is 0 Å². The molecule has 0 aliphatic rings. The van der Waals surface area contributed by atoms with Crippen molar-refractivity contribution in [2.75, 3.05) is 47.5 Å². The Hall–Kier alpha value is -2.81. The maximum absolute atomic E-state index is 12.9. The predicted octanol–water partition coefficient (Wildman–Crippen LogP) is 21.4. The molecule has 0 saturated carbocycles. The molecule has 1 N–H and O–H groups in total. The summed E-state index contributed by atoms with van der Waals surface area (Å²) in [7, 11) is 1.47. The van der Waals surface area contributed by atoms with Gasteiger partial charge in [-0.2, -0.15) is 0 Å². The molecule has 0 heterocycles. The average molecular weight is 1140 g/mol. The number of allylic oxidation sites excluding steroid dienone is 14. The van der Waals surface area contributed by atoms with Gasteiger partial charge in [-0.25, -0.2) is 4.57 Å². The molecule has 80 heavy (non-hydrogen) atoms. The number of phosphoric ester groups is 1. The number of ether oxygens (including phenoxy) is 2. The molecule has 2 atom stereocenters. The van der Waals surface area contributed by atoms with E-state index in [0.29, 0.717) is 17.4 Å². The minimum atomic E-state index is -4.40. The fraction of sp³-hybridized carbons (Fsp3) is 0.771. The molecule has 0 spiro atoms. The van der Waals surface area contributed by atoms with Gasteiger partial charge in [0, 0.05) is 12.8 Å². The molecule has 0 aromatic rings. The molecular formula is C70H127NO8P+. The second-order valence-corrected chi connectivity index (χ2v) is 24.9. The first-order chi connectivity index (χ1) is 39.0. The molecular weight excluding hydrogens is 1010 g/mol. The lowest BCUT2D eigenvalue weighted by molar-refractivity contribution is -0.870. The van der Waals surface area contributed by atoms with Crippen LogP contribution in [0.15, 0.2) is 85.1 Å². The van der Waals surface area contributed by atoms with E-state index in [1.165, 1.54) is 173 Å². The van der Waals surface area contributed by atoms with Gasteiger partial charge in [-0.05, 0) is 70.6 Å². The monoisotopic (exact) mass is 1140 g/mol. The van der Waals surface area contributed by atoms with Crippen LogP contribution < -0.4 is 0 Å². The normalized spacial score (nSPS) is 13.7. The summed E-state index contributed by atoms with van der Waals surface area (Å²) in [5, 5.41) is 0. The van der Waals surface area contributed by atoms with Crippen molar-refractivity contribution in [1.82, 2.24) is 0 Å². The molecule has 464 valence electrons. The van der Waals surface area contributed by atoms with E-state index in [1.807, 2.05) is 21.1 Å². The van der Waals surface area contributed by atoms with E-state index in [9.17, 15) is 19.0 Å². The summed E-state index contributed by atoms with van der Waals surface area (Å²) in [6.07, 6.45) is 82.5. The lowest BCUT2D eigenvalue weighted by Gasteiger charge is -2.24. The standard InChI is InChI=1S/C70H126NO8P/c1-6-8-10-12-14-16-18-20-22-24-26-28-30-32-34-35-37-39-41-43-45-47-49-51-53-55-57-59-61-63-70(73)79-68(67-78-80(74,75)77-65-64-71(3,4)5)66-76-69(72)62-60-58-56-54-52-50-48-46-44-42-40-38-36-33-31-29-27-25-23-21-19-17-15-13-11-9-7-2/h8,10,14,16,20,22,26,28,32,34,37,39,43,45,68H,6-7,9,11-13,15,17-19,21,23-25,27,29-31,33,35-36,38,40-42,44,46-67H2,1-5H3/p+1/b10-8-,16-14-,22-20-,28-26-,34-32-,39-37-,45-43-. The Morgan fingerprint density at radius 1 is 0.400 bits per heavy atom. The summed E-state index contributed by atoms with van der Waals surface area (Å²) in [6, 6.07) is 0. The molecule has 0 aromatic carbocycles. The molecule has 10 heteroatoms. The molecule has 0 rings (SSSR count). The number of rotatable bonds is 61. The van der Waals surface area contributed by atoms with Crippen molar-refractivity contribution in [2.24, 2.45) is 0 Å². The van der Waals surface area contributed by atoms with Crippen LogP contribution in [0.2, 0.25) is 0 Å². The molecule has 0 amide bonds. The van der Waals surface area contributed by atoms with Crippen molar-refractivity contribution in [1.29, 1.82) is 0 Å². The van der Waals surface area contributed by atoms with Gasteiger partial charge in [0.15, 0.2) is 6.10 Å². The van der Waals surface area contributed by atoms with Crippen LogP contribution in [0, 0.1) is 0 Å². The van der Waals surface area contributed by atoms with Gasteiger partial charge < -0.3 is 18.9 Å². The molecule has 9 nitrogen and oxygen atoms in total. The Morgan fingerprint density at radius 2 is 0.713 bits per heavy atom. The highest BCUT2D eigenvalue weighted by molar-refractivity contribution is 7.47. The van der Waals surface area contributed by atoms with Gasteiger partial charge in [-0.15, -0.1) is 0 Å². The molecule has 0 bridgehead atoms. The van der Waals surface area contributed by atoms with Crippen LogP contribution in [0.25, 0.3) is 0 Å². The molecule has 0 radical (unpaired) electrons. The first-order valence-corrected chi connectivity index (χ1v) is 34.8. The second-order valence-electron chi connectivity index (χ2n) is 23.5. The Morgan fingerprint density at radius 3 is 1.06 bits per heavy atom. The second kappa shape index (κ2) is 60.8. The fourth-order valence-corrected chi connectivity index (χ4v) is 10.1. The van der Waals surface area contributed by atoms with Crippen molar-refractivity contribution in [2.45, 2.75) is 302 Å². The third kappa shape index (κ3) is 64.4. The van der Waals surface area contributed by atoms with Gasteiger partial charge in [0.2, 0.25) is 0 Å². The van der Waals surface area contributed by atoms with Gasteiger partial charge in [0.1, 0.15) is 19.8 Å². The fourth-order valence-electron chi connectivity index (χ4n) is 9.35. The van der Waals surface area contributed by atoms with Crippen molar-refractivity contribution in [3.05, 3.63) is 85.1 Å². The van der Waals surface area contributed by atoms with Crippen LogP contribution in [-0.2, 0) is 32.7 Å². The van der Waals surface area contributed by atoms with E-state index in [-0.39, 0.29) is 32.0 Å². The number of hydrogen-bond acceptors (Lipinski definition) is 7. The number of carbonyl (C=O) groups is 2. The topological polar surface area (TPSA) is 108 Å². The highest BCUT2D eigenvalue weighted by Gasteiger charge is 2.27. The first kappa shape index (κ1) is 77.2. The minimum absolute atomic E-state index is 0.0269. The van der Waals surface area contributed by atoms with Crippen LogP contribution in [0.4, 0.5) is 0 Å². The van der Waals surface area contributed by atoms with Gasteiger partial charge in [-0.3, -0.25) is 18.6 Å². The summed E-state index contributed by atoms with van der Waals surface area (Å²) in [6.45, 7) is 4.34. The van der Waals surface area contributed by atoms with E-state index in [4.69, 9.17) is 18.5 Å². The molecule has 0 saturated heterocycles. The Labute approximate surface area is 494 Å². The average Bonchev–Trinajstić information content (AvgIpc) is 3.42. The number of likely N-dealkylation sites (N-methyl/N-ethyl adjacent to an activating group) is 1. The highest BCUT2D eigenvalue weighted by atomic mass is 31.2. The van der Waals surface area contributed by atoms with E-state index in [1.54, 1.807) is 0 Å². The Kier molecular flexibility index (Phi) is 58.6. The maximum Gasteiger partial charge on any atom is 0.472 e. The number of esters is 2. The summed E-state index contributed by atoms with van der Waals surface area (Å²) in [4.78, 5) is 35.8. The molecule has 2 unspecified atom stereocenters. The van der Waals surface area contributed by atoms with Crippen LogP contribution in [0.3, 0.4) is 0 Å². The largest absolute Gasteiger partial charge is 0.472 e. The van der Waals surface area contributed by atoms with Gasteiger partial charge in [0.25, 0.3) is 0 Å². The van der Waals surface area contributed by atoms with Gasteiger partial charge >= 0.3 is 19.8 Å². The molecule has 0 aromatic heterocycles. The summed E-state index contributed by atoms with van der Waals surface area (Å²) < 4.78 is 34.7. The Bertz CT molecular complexity index is 1630. The maximum atomic E-state index is 12.9. The lowest BCUT2D eigenvalue weighted by Crippen LogP contribution is -2.37. The summed E-state index contributed by atoms with van der Waals surface area (Å²) >= 11 is 0. The van der Waals surface area contributed by atoms with Crippen molar-refractivity contribution < 1.29 is 42.1 Å². The third-order valence-electron chi connectivity index (χ3n) is 14.4. The molecule has 0 aliphatic carbocycles. The van der Waals surface area contributed by atoms with Crippen LogP contribution in [0.1, 0.15) is 296 Å². The van der Waals surface area contributed by atoms with E-state index in [0.717, 1.165) is 89.9 Å². The van der Waals surface area contributed by atoms with Crippen LogP contribution in [0.5, 0.6) is 0 Å². The predicted molar refractivity (Wildman–Crippen MR) is 344 cm³/mol. The number of hydrogen-bond donors (Lipinski definition) is 1. The van der Waals surface area contributed by atoms with Crippen LogP contribution >= 0.6 is 7.82 Å². The molecule has 0 aliphatic heterocycles. The first-order valence-electron chi connectivity index (χ1n) is 33.3. The zero-order valence-electron chi connectivity index (χ0n) is 52.8. The lowest BCUT2D eigenvalue weighted by atomic mass is 10.0. The van der Waals surface area contributed by atoms with E-state index in [2.05, 4.69) is 98.9 Å². The highest BCUT2D eigenvalue weighted by Crippen LogP contribution is 2.43. The number of nitrogens with zero attached hydrogens (tertiary/aromatic N) is 1. The number of quaternary nitrogens is 1. The zero-order valence-corrected chi connectivity index (χ0v) is 53.7. The quantitative estimate of drug-likeness (QED) is 0.0211. The van der Waals surface area contributed by atoms with E-state index < -0.39 is 26.5 Å². The summed E-state index contributed by atoms with van der Waals surface area (Å²) in [5.41, 5.74) is 0. The number of unbranched alkanes of at least 4 members (excludes halogenated alkanes) is 33. The van der Waals surface area contributed by atoms with Crippen molar-refractivity contribution in [3.63, 3.8) is 0 Å². The van der Waals surface area contributed by atoms with Crippen LogP contribution in [-0.4, -0.2) is 74.9 Å². The smallest absolute Gasteiger partial charge is 0.462 e. The van der Waals surface area contributed by atoms with Crippen molar-refractivity contribution >= 4 is 19.8 Å². The SMILES string of the molecule is CC/C=C\C/C=C\C/C=C\C/C=C\C/C=C\C/C=C\C/C=C\CCCCCCCCCC(=O)OC(COC(=O)CCCCCCCCCCCCCCCCCCCCCCCCCCCCC)COP(=O)(O)OCC[N+](C)(C)C. The third-order valence-corrected chi connectivity index (χ3v) is 15.4.